The predicted octanol–water partition coefficient (Wildman–Crippen LogP) is 4.72. The molecule has 0 aliphatic heterocycles. The molecule has 4 fully saturated rings. The number of aliphatic carboxylic acids is 1. The third kappa shape index (κ3) is 2.19. The van der Waals surface area contributed by atoms with Crippen LogP contribution in [-0.2, 0) is 4.79 Å². The van der Waals surface area contributed by atoms with E-state index in [1.165, 1.54) is 24.8 Å². The number of rotatable bonds is 3. The van der Waals surface area contributed by atoms with Crippen molar-refractivity contribution in [3.05, 3.63) is 34.9 Å². The van der Waals surface area contributed by atoms with E-state index >= 15 is 0 Å². The second-order valence-electron chi connectivity index (χ2n) is 7.57. The zero-order valence-electron chi connectivity index (χ0n) is 12.1. The minimum atomic E-state index is -0.629. The molecule has 2 nitrogen and oxygen atoms in total. The van der Waals surface area contributed by atoms with Crippen molar-refractivity contribution in [2.45, 2.75) is 44.4 Å². The topological polar surface area (TPSA) is 37.3 Å². The molecule has 0 saturated heterocycles. The molecule has 0 aromatic heterocycles. The summed E-state index contributed by atoms with van der Waals surface area (Å²) >= 11 is 6.03. The van der Waals surface area contributed by atoms with Gasteiger partial charge in [0.05, 0.1) is 6.42 Å². The molecule has 4 aliphatic rings. The van der Waals surface area contributed by atoms with E-state index in [4.69, 9.17) is 11.6 Å². The Bertz CT molecular complexity index is 551. The first-order valence-electron chi connectivity index (χ1n) is 8.03. The number of hydrogen-bond donors (Lipinski definition) is 1. The van der Waals surface area contributed by atoms with Gasteiger partial charge < -0.3 is 5.11 Å². The number of carboxylic acid groups (broad SMARTS) is 1. The first-order valence-corrected chi connectivity index (χ1v) is 8.41. The number of carbonyl (C=O) groups is 1. The van der Waals surface area contributed by atoms with E-state index in [2.05, 4.69) is 12.1 Å². The van der Waals surface area contributed by atoms with Crippen LogP contribution in [-0.4, -0.2) is 11.1 Å². The normalized spacial score (nSPS) is 40.4. The van der Waals surface area contributed by atoms with E-state index in [1.807, 2.05) is 12.1 Å². The molecule has 4 saturated carbocycles. The average Bonchev–Trinajstić information content (AvgIpc) is 2.38. The summed E-state index contributed by atoms with van der Waals surface area (Å²) in [6.45, 7) is 0. The zero-order chi connectivity index (χ0) is 14.6. The number of halogens is 1. The van der Waals surface area contributed by atoms with Gasteiger partial charge in [0.2, 0.25) is 0 Å². The lowest BCUT2D eigenvalue weighted by Crippen LogP contribution is -2.52. The van der Waals surface area contributed by atoms with Crippen LogP contribution < -0.4 is 0 Å². The monoisotopic (exact) mass is 304 g/mol. The van der Waals surface area contributed by atoms with Crippen LogP contribution in [0.4, 0.5) is 0 Å². The van der Waals surface area contributed by atoms with Gasteiger partial charge in [0, 0.05) is 5.02 Å². The molecule has 4 bridgehead atoms. The van der Waals surface area contributed by atoms with Crippen LogP contribution in [0.3, 0.4) is 0 Å². The summed E-state index contributed by atoms with van der Waals surface area (Å²) in [6, 6.07) is 8.16. The Hall–Kier alpha value is -1.02. The Labute approximate surface area is 130 Å². The summed E-state index contributed by atoms with van der Waals surface area (Å²) in [4.78, 5) is 11.5. The Morgan fingerprint density at radius 2 is 1.76 bits per heavy atom. The molecule has 0 radical (unpaired) electrons. The highest BCUT2D eigenvalue weighted by Gasteiger charge is 2.57. The molecule has 3 unspecified atom stereocenters. The lowest BCUT2D eigenvalue weighted by atomic mass is 9.43. The first kappa shape index (κ1) is 13.6. The lowest BCUT2D eigenvalue weighted by Gasteiger charge is -2.61. The zero-order valence-corrected chi connectivity index (χ0v) is 12.9. The van der Waals surface area contributed by atoms with E-state index in [-0.39, 0.29) is 5.41 Å². The van der Waals surface area contributed by atoms with Gasteiger partial charge in [-0.15, -0.1) is 0 Å². The molecular weight excluding hydrogens is 284 g/mol. The van der Waals surface area contributed by atoms with Crippen molar-refractivity contribution in [1.82, 2.24) is 0 Å². The molecule has 1 N–H and O–H groups in total. The molecule has 4 aliphatic carbocycles. The standard InChI is InChI=1S/C18H21ClO2/c19-15-3-1-13(2-4-15)17-14-6-11-5-12(7-14)9-18(17,8-11)10-16(20)21/h1-4,11-12,14,17H,5-10H2,(H,20,21). The Morgan fingerprint density at radius 1 is 1.14 bits per heavy atom. The van der Waals surface area contributed by atoms with Gasteiger partial charge in [-0.25, -0.2) is 0 Å². The van der Waals surface area contributed by atoms with Gasteiger partial charge >= 0.3 is 5.97 Å². The van der Waals surface area contributed by atoms with Gasteiger partial charge in [-0.2, -0.15) is 0 Å². The number of carboxylic acids is 1. The van der Waals surface area contributed by atoms with E-state index in [0.29, 0.717) is 18.3 Å². The Morgan fingerprint density at radius 3 is 2.33 bits per heavy atom. The van der Waals surface area contributed by atoms with Crippen molar-refractivity contribution in [3.8, 4) is 0 Å². The van der Waals surface area contributed by atoms with Crippen molar-refractivity contribution < 1.29 is 9.90 Å². The number of benzene rings is 1. The summed E-state index contributed by atoms with van der Waals surface area (Å²) in [7, 11) is 0. The van der Waals surface area contributed by atoms with E-state index in [0.717, 1.165) is 29.7 Å². The van der Waals surface area contributed by atoms with E-state index in [1.54, 1.807) is 0 Å². The first-order chi connectivity index (χ1) is 10.1. The lowest BCUT2D eigenvalue weighted by molar-refractivity contribution is -0.147. The second kappa shape index (κ2) is 4.74. The van der Waals surface area contributed by atoms with Gasteiger partial charge in [-0.05, 0) is 78.9 Å². The van der Waals surface area contributed by atoms with Crippen molar-refractivity contribution in [2.75, 3.05) is 0 Å². The highest BCUT2D eigenvalue weighted by molar-refractivity contribution is 6.30. The average molecular weight is 305 g/mol. The van der Waals surface area contributed by atoms with Crippen LogP contribution in [0.1, 0.15) is 50.0 Å². The molecule has 5 rings (SSSR count). The fourth-order valence-electron chi connectivity index (χ4n) is 6.06. The SMILES string of the molecule is O=C(O)CC12CC3CC(CC(C3)C1c1ccc(Cl)cc1)C2. The quantitative estimate of drug-likeness (QED) is 0.877. The van der Waals surface area contributed by atoms with Crippen molar-refractivity contribution in [3.63, 3.8) is 0 Å². The molecule has 0 spiro atoms. The van der Waals surface area contributed by atoms with Gasteiger partial charge in [0.15, 0.2) is 0 Å². The smallest absolute Gasteiger partial charge is 0.303 e. The molecular formula is C18H21ClO2. The summed E-state index contributed by atoms with van der Waals surface area (Å²) in [5.41, 5.74) is 1.30. The van der Waals surface area contributed by atoms with Crippen molar-refractivity contribution in [1.29, 1.82) is 0 Å². The van der Waals surface area contributed by atoms with Crippen LogP contribution in [0.15, 0.2) is 24.3 Å². The Kier molecular flexibility index (Phi) is 3.08. The highest BCUT2D eigenvalue weighted by Crippen LogP contribution is 2.67. The molecule has 112 valence electrons. The summed E-state index contributed by atoms with van der Waals surface area (Å²) < 4.78 is 0. The molecule has 1 aromatic carbocycles. The molecule has 21 heavy (non-hydrogen) atoms. The fraction of sp³-hybridized carbons (Fsp3) is 0.611. The summed E-state index contributed by atoms with van der Waals surface area (Å²) in [5.74, 6) is 2.00. The predicted molar refractivity (Wildman–Crippen MR) is 82.4 cm³/mol. The summed E-state index contributed by atoms with van der Waals surface area (Å²) in [6.07, 6.45) is 6.49. The largest absolute Gasteiger partial charge is 0.481 e. The van der Waals surface area contributed by atoms with Gasteiger partial charge in [0.1, 0.15) is 0 Å². The van der Waals surface area contributed by atoms with Crippen molar-refractivity contribution in [2.24, 2.45) is 23.2 Å². The minimum absolute atomic E-state index is 0.00554. The van der Waals surface area contributed by atoms with Crippen LogP contribution in [0, 0.1) is 23.2 Å². The molecule has 0 heterocycles. The van der Waals surface area contributed by atoms with Crippen LogP contribution in [0.5, 0.6) is 0 Å². The molecule has 0 amide bonds. The Balaban J connectivity index is 1.76. The summed E-state index contributed by atoms with van der Waals surface area (Å²) in [5, 5.41) is 10.2. The maximum absolute atomic E-state index is 11.5. The van der Waals surface area contributed by atoms with Crippen LogP contribution >= 0.6 is 11.6 Å². The maximum atomic E-state index is 11.5. The third-order valence-corrected chi connectivity index (χ3v) is 6.44. The van der Waals surface area contributed by atoms with Crippen LogP contribution in [0.25, 0.3) is 0 Å². The van der Waals surface area contributed by atoms with Gasteiger partial charge in [-0.1, -0.05) is 23.7 Å². The molecule has 3 atom stereocenters. The number of hydrogen-bond acceptors (Lipinski definition) is 1. The van der Waals surface area contributed by atoms with Crippen molar-refractivity contribution >= 4 is 17.6 Å². The maximum Gasteiger partial charge on any atom is 0.303 e. The minimum Gasteiger partial charge on any atom is -0.481 e. The molecule has 1 aromatic rings. The van der Waals surface area contributed by atoms with Gasteiger partial charge in [0.25, 0.3) is 0 Å². The van der Waals surface area contributed by atoms with E-state index < -0.39 is 5.97 Å². The molecule has 3 heteroatoms. The van der Waals surface area contributed by atoms with Gasteiger partial charge in [-0.3, -0.25) is 4.79 Å². The van der Waals surface area contributed by atoms with Crippen LogP contribution in [0.2, 0.25) is 5.02 Å². The third-order valence-electron chi connectivity index (χ3n) is 6.19. The fourth-order valence-corrected chi connectivity index (χ4v) is 6.19. The second-order valence-corrected chi connectivity index (χ2v) is 8.01. The van der Waals surface area contributed by atoms with E-state index in [9.17, 15) is 9.90 Å². The highest BCUT2D eigenvalue weighted by atomic mass is 35.5.